The fourth-order valence-corrected chi connectivity index (χ4v) is 2.56. The molecule has 2 N–H and O–H groups in total. The van der Waals surface area contributed by atoms with Crippen molar-refractivity contribution in [2.75, 3.05) is 6.54 Å². The van der Waals surface area contributed by atoms with Crippen LogP contribution in [0.25, 0.3) is 0 Å². The molecule has 0 spiro atoms. The average molecular weight is 395 g/mol. The van der Waals surface area contributed by atoms with Gasteiger partial charge >= 0.3 is 6.18 Å². The Morgan fingerprint density at radius 3 is 2.68 bits per heavy atom. The number of thiazole rings is 1. The first-order chi connectivity index (χ1) is 11.7. The maximum atomic E-state index is 12.1. The Morgan fingerprint density at radius 2 is 2.04 bits per heavy atom. The third-order valence-corrected chi connectivity index (χ3v) is 4.11. The Balaban J connectivity index is 1.78. The van der Waals surface area contributed by atoms with Gasteiger partial charge in [-0.2, -0.15) is 13.2 Å². The fourth-order valence-electron chi connectivity index (χ4n) is 1.73. The molecule has 0 bridgehead atoms. The molecular weight excluding hydrogens is 381 g/mol. The number of ether oxygens (including phenoxy) is 1. The van der Waals surface area contributed by atoms with E-state index < -0.39 is 24.7 Å². The largest absolute Gasteiger partial charge is 0.486 e. The fraction of sp³-hybridized carbons (Fsp3) is 0.333. The first-order valence-electron chi connectivity index (χ1n) is 7.07. The summed E-state index contributed by atoms with van der Waals surface area (Å²) in [5.74, 6) is -0.0428. The van der Waals surface area contributed by atoms with E-state index in [-0.39, 0.29) is 13.0 Å². The number of hydrogen-bond acceptors (Lipinski definition) is 5. The summed E-state index contributed by atoms with van der Waals surface area (Å²) in [6.45, 7) is -0.695. The number of carbonyl (C=O) groups excluding carboxylic acids is 1. The maximum Gasteiger partial charge on any atom is 0.416 e. The maximum absolute atomic E-state index is 12.1. The first kappa shape index (κ1) is 19.5. The van der Waals surface area contributed by atoms with Gasteiger partial charge in [-0.1, -0.05) is 11.6 Å². The van der Waals surface area contributed by atoms with Crippen molar-refractivity contribution in [3.05, 3.63) is 45.4 Å². The van der Waals surface area contributed by atoms with Gasteiger partial charge in [-0.3, -0.25) is 4.79 Å². The Bertz CT molecular complexity index is 707. The van der Waals surface area contributed by atoms with E-state index in [0.717, 1.165) is 0 Å². The summed E-state index contributed by atoms with van der Waals surface area (Å²) < 4.78 is 41.9. The van der Waals surface area contributed by atoms with E-state index in [9.17, 15) is 18.0 Å². The van der Waals surface area contributed by atoms with Gasteiger partial charge in [0.2, 0.25) is 5.91 Å². The molecule has 10 heteroatoms. The molecule has 0 fully saturated rings. The molecule has 25 heavy (non-hydrogen) atoms. The van der Waals surface area contributed by atoms with Gasteiger partial charge in [-0.25, -0.2) is 4.98 Å². The molecule has 5 nitrogen and oxygen atoms in total. The van der Waals surface area contributed by atoms with E-state index in [1.807, 2.05) is 5.32 Å². The summed E-state index contributed by atoms with van der Waals surface area (Å²) in [6.07, 6.45) is -7.53. The molecular formula is C15H14ClF3N2O3S. The summed E-state index contributed by atoms with van der Waals surface area (Å²) in [7, 11) is 0. The van der Waals surface area contributed by atoms with E-state index in [1.165, 1.54) is 11.3 Å². The second-order valence-corrected chi connectivity index (χ2v) is 6.39. The number of aromatic nitrogens is 1. The molecule has 2 aromatic rings. The number of alkyl halides is 3. The van der Waals surface area contributed by atoms with Crippen molar-refractivity contribution < 1.29 is 27.8 Å². The summed E-state index contributed by atoms with van der Waals surface area (Å²) in [5.41, 5.74) is 0.415. The molecule has 0 aliphatic carbocycles. The van der Waals surface area contributed by atoms with E-state index in [4.69, 9.17) is 21.4 Å². The first-order valence-corrected chi connectivity index (χ1v) is 8.33. The van der Waals surface area contributed by atoms with Crippen LogP contribution in [0.1, 0.15) is 10.7 Å². The van der Waals surface area contributed by atoms with Crippen molar-refractivity contribution in [1.29, 1.82) is 0 Å². The number of aliphatic hydroxyl groups excluding tert-OH is 1. The molecule has 0 unspecified atom stereocenters. The van der Waals surface area contributed by atoms with Crippen molar-refractivity contribution in [2.45, 2.75) is 25.3 Å². The smallest absolute Gasteiger partial charge is 0.416 e. The SMILES string of the molecule is O=C(Cc1csc(COc2ccc(Cl)cc2)n1)NC[C@@H](O)C(F)(F)F. The summed E-state index contributed by atoms with van der Waals surface area (Å²) >= 11 is 7.04. The van der Waals surface area contributed by atoms with Crippen LogP contribution in [-0.4, -0.2) is 34.8 Å². The predicted octanol–water partition coefficient (Wildman–Crippen LogP) is 2.96. The van der Waals surface area contributed by atoms with Gasteiger partial charge in [0.15, 0.2) is 6.10 Å². The minimum Gasteiger partial charge on any atom is -0.486 e. The van der Waals surface area contributed by atoms with Crippen molar-refractivity contribution in [1.82, 2.24) is 10.3 Å². The number of nitrogens with one attached hydrogen (secondary N) is 1. The molecule has 136 valence electrons. The van der Waals surface area contributed by atoms with Crippen LogP contribution >= 0.6 is 22.9 Å². The van der Waals surface area contributed by atoms with Crippen LogP contribution in [0.2, 0.25) is 5.02 Å². The lowest BCUT2D eigenvalue weighted by Crippen LogP contribution is -2.41. The van der Waals surface area contributed by atoms with Crippen LogP contribution in [-0.2, 0) is 17.8 Å². The highest BCUT2D eigenvalue weighted by Crippen LogP contribution is 2.20. The predicted molar refractivity (Wildman–Crippen MR) is 86.7 cm³/mol. The monoisotopic (exact) mass is 394 g/mol. The van der Waals surface area contributed by atoms with E-state index >= 15 is 0 Å². The minimum absolute atomic E-state index is 0.179. The molecule has 2 rings (SSSR count). The normalized spacial score (nSPS) is 12.7. The van der Waals surface area contributed by atoms with Gasteiger partial charge in [-0.15, -0.1) is 11.3 Å². The molecule has 0 saturated heterocycles. The van der Waals surface area contributed by atoms with Gasteiger partial charge in [0.1, 0.15) is 17.4 Å². The summed E-state index contributed by atoms with van der Waals surface area (Å²) in [4.78, 5) is 15.8. The highest BCUT2D eigenvalue weighted by Gasteiger charge is 2.38. The molecule has 1 atom stereocenters. The van der Waals surface area contributed by atoms with Crippen LogP contribution in [0.15, 0.2) is 29.6 Å². The third-order valence-electron chi connectivity index (χ3n) is 2.99. The lowest BCUT2D eigenvalue weighted by Gasteiger charge is -2.14. The Morgan fingerprint density at radius 1 is 1.36 bits per heavy atom. The van der Waals surface area contributed by atoms with Crippen LogP contribution in [0.5, 0.6) is 5.75 Å². The van der Waals surface area contributed by atoms with Crippen LogP contribution in [0.3, 0.4) is 0 Å². The third kappa shape index (κ3) is 6.52. The van der Waals surface area contributed by atoms with Gasteiger partial charge in [-0.05, 0) is 24.3 Å². The number of amides is 1. The summed E-state index contributed by atoms with van der Waals surface area (Å²) in [6, 6.07) is 6.78. The van der Waals surface area contributed by atoms with Crippen molar-refractivity contribution in [2.24, 2.45) is 0 Å². The molecule has 0 aliphatic heterocycles. The zero-order chi connectivity index (χ0) is 18.4. The lowest BCUT2D eigenvalue weighted by molar-refractivity contribution is -0.201. The van der Waals surface area contributed by atoms with Crippen molar-refractivity contribution in [3.63, 3.8) is 0 Å². The Labute approximate surface area is 150 Å². The number of benzene rings is 1. The molecule has 0 saturated carbocycles. The molecule has 0 aliphatic rings. The zero-order valence-electron chi connectivity index (χ0n) is 12.7. The summed E-state index contributed by atoms with van der Waals surface area (Å²) in [5, 5.41) is 13.7. The standard InChI is InChI=1S/C15H14ClF3N2O3S/c16-9-1-3-11(4-2-9)24-7-14-21-10(8-25-14)5-13(23)20-6-12(22)15(17,18)19/h1-4,8,12,22H,5-7H2,(H,20,23)/t12-/m1/s1. The molecule has 1 aromatic carbocycles. The van der Waals surface area contributed by atoms with Crippen LogP contribution in [0.4, 0.5) is 13.2 Å². The number of carbonyl (C=O) groups is 1. The highest BCUT2D eigenvalue weighted by atomic mass is 35.5. The van der Waals surface area contributed by atoms with Crippen LogP contribution < -0.4 is 10.1 Å². The lowest BCUT2D eigenvalue weighted by atomic mass is 10.3. The number of nitrogens with zero attached hydrogens (tertiary/aromatic N) is 1. The highest BCUT2D eigenvalue weighted by molar-refractivity contribution is 7.09. The second-order valence-electron chi connectivity index (χ2n) is 5.01. The van der Waals surface area contributed by atoms with E-state index in [2.05, 4.69) is 4.98 Å². The van der Waals surface area contributed by atoms with Crippen LogP contribution in [0, 0.1) is 0 Å². The van der Waals surface area contributed by atoms with Crippen molar-refractivity contribution in [3.8, 4) is 5.75 Å². The number of rotatable bonds is 7. The second kappa shape index (κ2) is 8.50. The quantitative estimate of drug-likeness (QED) is 0.757. The molecule has 0 radical (unpaired) electrons. The van der Waals surface area contributed by atoms with Gasteiger partial charge < -0.3 is 15.2 Å². The Kier molecular flexibility index (Phi) is 6.63. The van der Waals surface area contributed by atoms with Gasteiger partial charge in [0.05, 0.1) is 18.7 Å². The molecule has 1 amide bonds. The van der Waals surface area contributed by atoms with E-state index in [1.54, 1.807) is 29.6 Å². The minimum atomic E-state index is -4.76. The van der Waals surface area contributed by atoms with Gasteiger partial charge in [0.25, 0.3) is 0 Å². The number of hydrogen-bond donors (Lipinski definition) is 2. The van der Waals surface area contributed by atoms with Crippen molar-refractivity contribution >= 4 is 28.8 Å². The van der Waals surface area contributed by atoms with Gasteiger partial charge in [0, 0.05) is 10.4 Å². The number of aliphatic hydroxyl groups is 1. The average Bonchev–Trinajstić information content (AvgIpc) is 2.98. The number of halogens is 4. The zero-order valence-corrected chi connectivity index (χ0v) is 14.3. The topological polar surface area (TPSA) is 71.5 Å². The molecule has 1 aromatic heterocycles. The molecule has 1 heterocycles. The van der Waals surface area contributed by atoms with E-state index in [0.29, 0.717) is 21.5 Å². The Hall–Kier alpha value is -1.84.